The maximum absolute atomic E-state index is 13.3. The van der Waals surface area contributed by atoms with E-state index in [4.69, 9.17) is 5.73 Å². The first kappa shape index (κ1) is 21.7. The van der Waals surface area contributed by atoms with Crippen LogP contribution in [-0.4, -0.2) is 5.91 Å². The summed E-state index contributed by atoms with van der Waals surface area (Å²) in [4.78, 5) is 13.3. The Labute approximate surface area is 200 Å². The summed E-state index contributed by atoms with van der Waals surface area (Å²) < 4.78 is 0. The van der Waals surface area contributed by atoms with Gasteiger partial charge in [-0.25, -0.2) is 0 Å². The summed E-state index contributed by atoms with van der Waals surface area (Å²) in [5.74, 6) is -0.123. The Balaban J connectivity index is 1.63. The SMILES string of the molecule is CC(C)(N)c1cccc(N/C(=C2\C(=O)Nc3cc(-c4ccccc4)ccc32)c2ccccc2)c1. The van der Waals surface area contributed by atoms with Crippen LogP contribution in [0.2, 0.25) is 0 Å². The number of nitrogens with two attached hydrogens (primary N) is 1. The number of anilines is 2. The van der Waals surface area contributed by atoms with Crippen LogP contribution in [0.25, 0.3) is 22.4 Å². The third kappa shape index (κ3) is 4.24. The van der Waals surface area contributed by atoms with Crippen LogP contribution in [0.15, 0.2) is 103 Å². The molecule has 0 saturated carbocycles. The fourth-order valence-electron chi connectivity index (χ4n) is 4.26. The number of carbonyl (C=O) groups is 1. The number of carbonyl (C=O) groups excluding carboxylic acids is 1. The molecule has 1 heterocycles. The molecule has 0 fully saturated rings. The highest BCUT2D eigenvalue weighted by Gasteiger charge is 2.29. The standard InChI is InChI=1S/C30H27N3O/c1-30(2,31)23-14-9-15-24(19-23)32-28(21-12-7-4-8-13-21)27-25-17-16-22(18-26(25)33-29(27)34)20-10-5-3-6-11-20/h3-19,32H,31H2,1-2H3,(H,33,34)/b28-27-. The van der Waals surface area contributed by atoms with Crippen LogP contribution in [0.5, 0.6) is 0 Å². The number of hydrogen-bond acceptors (Lipinski definition) is 3. The first-order chi connectivity index (χ1) is 16.4. The molecule has 4 heteroatoms. The normalized spacial score (nSPS) is 14.4. The molecule has 0 radical (unpaired) electrons. The van der Waals surface area contributed by atoms with Gasteiger partial charge >= 0.3 is 0 Å². The van der Waals surface area contributed by atoms with Crippen LogP contribution in [0.1, 0.15) is 30.5 Å². The highest BCUT2D eigenvalue weighted by atomic mass is 16.2. The number of rotatable bonds is 5. The van der Waals surface area contributed by atoms with Crippen molar-refractivity contribution in [2.24, 2.45) is 5.73 Å². The molecule has 34 heavy (non-hydrogen) atoms. The summed E-state index contributed by atoms with van der Waals surface area (Å²) in [7, 11) is 0. The van der Waals surface area contributed by atoms with Crippen LogP contribution < -0.4 is 16.4 Å². The zero-order valence-electron chi connectivity index (χ0n) is 19.3. The maximum atomic E-state index is 13.3. The van der Waals surface area contributed by atoms with Gasteiger partial charge in [0.15, 0.2) is 0 Å². The van der Waals surface area contributed by atoms with E-state index in [0.29, 0.717) is 5.57 Å². The van der Waals surface area contributed by atoms with E-state index in [-0.39, 0.29) is 5.91 Å². The first-order valence-corrected chi connectivity index (χ1v) is 11.4. The molecule has 4 aromatic rings. The van der Waals surface area contributed by atoms with Crippen molar-refractivity contribution in [1.82, 2.24) is 0 Å². The van der Waals surface area contributed by atoms with E-state index in [1.807, 2.05) is 98.8 Å². The number of benzene rings is 4. The zero-order valence-corrected chi connectivity index (χ0v) is 19.3. The molecule has 0 spiro atoms. The second kappa shape index (κ2) is 8.65. The quantitative estimate of drug-likeness (QED) is 0.308. The average molecular weight is 446 g/mol. The van der Waals surface area contributed by atoms with Crippen LogP contribution in [-0.2, 0) is 10.3 Å². The predicted molar refractivity (Wildman–Crippen MR) is 141 cm³/mol. The van der Waals surface area contributed by atoms with Gasteiger partial charge in [-0.1, -0.05) is 84.9 Å². The van der Waals surface area contributed by atoms with Gasteiger partial charge in [0, 0.05) is 22.5 Å². The third-order valence-corrected chi connectivity index (χ3v) is 6.06. The Bertz CT molecular complexity index is 1380. The first-order valence-electron chi connectivity index (χ1n) is 11.4. The van der Waals surface area contributed by atoms with Gasteiger partial charge in [0.2, 0.25) is 0 Å². The van der Waals surface area contributed by atoms with E-state index in [0.717, 1.165) is 44.9 Å². The molecule has 5 rings (SSSR count). The molecule has 1 aliphatic heterocycles. The Morgan fingerprint density at radius 2 is 1.50 bits per heavy atom. The van der Waals surface area contributed by atoms with Crippen LogP contribution in [0.4, 0.5) is 11.4 Å². The van der Waals surface area contributed by atoms with E-state index in [2.05, 4.69) is 28.8 Å². The molecule has 1 amide bonds. The fourth-order valence-corrected chi connectivity index (χ4v) is 4.26. The monoisotopic (exact) mass is 445 g/mol. The second-order valence-electron chi connectivity index (χ2n) is 9.12. The highest BCUT2D eigenvalue weighted by Crippen LogP contribution is 2.39. The van der Waals surface area contributed by atoms with Crippen molar-refractivity contribution < 1.29 is 4.79 Å². The number of fused-ring (bicyclic) bond motifs is 1. The van der Waals surface area contributed by atoms with Crippen molar-refractivity contribution in [1.29, 1.82) is 0 Å². The van der Waals surface area contributed by atoms with E-state index in [1.165, 1.54) is 0 Å². The summed E-state index contributed by atoms with van der Waals surface area (Å²) >= 11 is 0. The van der Waals surface area contributed by atoms with Crippen molar-refractivity contribution in [3.8, 4) is 11.1 Å². The van der Waals surface area contributed by atoms with Gasteiger partial charge in [0.25, 0.3) is 5.91 Å². The smallest absolute Gasteiger partial charge is 0.258 e. The Kier molecular flexibility index (Phi) is 5.52. The maximum Gasteiger partial charge on any atom is 0.258 e. The molecule has 4 N–H and O–H groups in total. The Morgan fingerprint density at radius 1 is 0.794 bits per heavy atom. The summed E-state index contributed by atoms with van der Waals surface area (Å²) in [6.45, 7) is 3.96. The van der Waals surface area contributed by atoms with E-state index >= 15 is 0 Å². The number of amides is 1. The fraction of sp³-hybridized carbons (Fsp3) is 0.100. The molecule has 0 unspecified atom stereocenters. The molecule has 0 bridgehead atoms. The van der Waals surface area contributed by atoms with Gasteiger partial charge in [0.1, 0.15) is 0 Å². The van der Waals surface area contributed by atoms with Crippen LogP contribution in [0, 0.1) is 0 Å². The molecule has 168 valence electrons. The van der Waals surface area contributed by atoms with Gasteiger partial charge < -0.3 is 16.4 Å². The summed E-state index contributed by atoms with van der Waals surface area (Å²) in [6, 6.07) is 34.3. The van der Waals surface area contributed by atoms with Gasteiger partial charge in [-0.05, 0) is 54.3 Å². The molecule has 4 aromatic carbocycles. The van der Waals surface area contributed by atoms with Gasteiger partial charge in [0.05, 0.1) is 11.3 Å². The van der Waals surface area contributed by atoms with Crippen molar-refractivity contribution in [2.75, 3.05) is 10.6 Å². The molecule has 0 aromatic heterocycles. The van der Waals surface area contributed by atoms with Crippen LogP contribution in [0.3, 0.4) is 0 Å². The van der Waals surface area contributed by atoms with Crippen molar-refractivity contribution >= 4 is 28.6 Å². The third-order valence-electron chi connectivity index (χ3n) is 6.06. The minimum Gasteiger partial charge on any atom is -0.354 e. The summed E-state index contributed by atoms with van der Waals surface area (Å²) in [6.07, 6.45) is 0. The van der Waals surface area contributed by atoms with Crippen molar-refractivity contribution in [2.45, 2.75) is 19.4 Å². The lowest BCUT2D eigenvalue weighted by Crippen LogP contribution is -2.28. The topological polar surface area (TPSA) is 67.1 Å². The minimum absolute atomic E-state index is 0.123. The van der Waals surface area contributed by atoms with E-state index in [1.54, 1.807) is 0 Å². The zero-order chi connectivity index (χ0) is 23.7. The summed E-state index contributed by atoms with van der Waals surface area (Å²) in [5, 5.41) is 6.60. The molecule has 1 aliphatic rings. The predicted octanol–water partition coefficient (Wildman–Crippen LogP) is 6.48. The molecular weight excluding hydrogens is 418 g/mol. The number of nitrogens with one attached hydrogen (secondary N) is 2. The molecular formula is C30H27N3O. The lowest BCUT2D eigenvalue weighted by Gasteiger charge is -2.21. The molecule has 0 atom stereocenters. The summed E-state index contributed by atoms with van der Waals surface area (Å²) in [5.41, 5.74) is 13.9. The van der Waals surface area contributed by atoms with Crippen LogP contribution >= 0.6 is 0 Å². The van der Waals surface area contributed by atoms with Gasteiger partial charge in [-0.15, -0.1) is 0 Å². The second-order valence-corrected chi connectivity index (χ2v) is 9.12. The average Bonchev–Trinajstić information content (AvgIpc) is 3.18. The largest absolute Gasteiger partial charge is 0.354 e. The lowest BCUT2D eigenvalue weighted by atomic mass is 9.94. The number of hydrogen-bond donors (Lipinski definition) is 3. The Morgan fingerprint density at radius 3 is 2.21 bits per heavy atom. The molecule has 0 aliphatic carbocycles. The molecule has 4 nitrogen and oxygen atoms in total. The van der Waals surface area contributed by atoms with Crippen molar-refractivity contribution in [3.63, 3.8) is 0 Å². The van der Waals surface area contributed by atoms with Crippen molar-refractivity contribution in [3.05, 3.63) is 120 Å². The minimum atomic E-state index is -0.469. The van der Waals surface area contributed by atoms with E-state index in [9.17, 15) is 4.79 Å². The molecule has 0 saturated heterocycles. The van der Waals surface area contributed by atoms with Gasteiger partial charge in [-0.2, -0.15) is 0 Å². The Hall–Kier alpha value is -4.15. The van der Waals surface area contributed by atoms with E-state index < -0.39 is 5.54 Å². The lowest BCUT2D eigenvalue weighted by molar-refractivity contribution is -0.110. The van der Waals surface area contributed by atoms with Gasteiger partial charge in [-0.3, -0.25) is 4.79 Å². The highest BCUT2D eigenvalue weighted by molar-refractivity contribution is 6.37.